The van der Waals surface area contributed by atoms with Gasteiger partial charge in [-0.05, 0) is 24.6 Å². The van der Waals surface area contributed by atoms with Crippen LogP contribution in [0.2, 0.25) is 0 Å². The van der Waals surface area contributed by atoms with E-state index in [1.165, 1.54) is 0 Å². The van der Waals surface area contributed by atoms with Gasteiger partial charge in [-0.3, -0.25) is 4.79 Å². The van der Waals surface area contributed by atoms with Crippen molar-refractivity contribution in [1.82, 2.24) is 4.90 Å². The Morgan fingerprint density at radius 1 is 1.33 bits per heavy atom. The quantitative estimate of drug-likeness (QED) is 0.645. The number of nitrogens with zero attached hydrogens (tertiary/aromatic N) is 1. The Bertz CT molecular complexity index is 455. The molecule has 0 saturated heterocycles. The van der Waals surface area contributed by atoms with Gasteiger partial charge in [0.05, 0.1) is 6.04 Å². The molecular formula is C11H11NO3. The minimum Gasteiger partial charge on any atom is -0.454 e. The topological polar surface area (TPSA) is 38.8 Å². The standard InChI is InChI=1S/C11H11NO3/c1-6-7-3-9-10(15-5-14-9)4-8(7)11(13)12(6)2/h3-4,6H,5H2,1-2H3. The molecule has 15 heavy (non-hydrogen) atoms. The average molecular weight is 205 g/mol. The number of fused-ring (bicyclic) bond motifs is 2. The molecule has 2 aliphatic rings. The predicted molar refractivity (Wildman–Crippen MR) is 53.1 cm³/mol. The molecule has 4 heteroatoms. The first-order valence-electron chi connectivity index (χ1n) is 4.89. The highest BCUT2D eigenvalue weighted by atomic mass is 16.7. The third-order valence-electron chi connectivity index (χ3n) is 3.13. The fourth-order valence-electron chi connectivity index (χ4n) is 2.06. The maximum Gasteiger partial charge on any atom is 0.254 e. The van der Waals surface area contributed by atoms with Crippen molar-refractivity contribution >= 4 is 5.91 Å². The Kier molecular flexibility index (Phi) is 1.52. The Morgan fingerprint density at radius 2 is 2.00 bits per heavy atom. The molecule has 78 valence electrons. The lowest BCUT2D eigenvalue weighted by Crippen LogP contribution is -2.20. The van der Waals surface area contributed by atoms with E-state index in [4.69, 9.17) is 9.47 Å². The molecule has 1 amide bonds. The number of amides is 1. The molecule has 0 spiro atoms. The van der Waals surface area contributed by atoms with Crippen molar-refractivity contribution < 1.29 is 14.3 Å². The Hall–Kier alpha value is -1.71. The monoisotopic (exact) mass is 205 g/mol. The number of ether oxygens (including phenoxy) is 2. The second kappa shape index (κ2) is 2.66. The Balaban J connectivity index is 2.20. The van der Waals surface area contributed by atoms with Crippen LogP contribution in [0.1, 0.15) is 28.9 Å². The van der Waals surface area contributed by atoms with Crippen LogP contribution in [0.5, 0.6) is 11.5 Å². The molecule has 0 aromatic heterocycles. The first-order valence-corrected chi connectivity index (χ1v) is 4.89. The highest BCUT2D eigenvalue weighted by Gasteiger charge is 2.33. The molecule has 3 rings (SSSR count). The molecule has 0 bridgehead atoms. The number of rotatable bonds is 0. The maximum atomic E-state index is 11.8. The lowest BCUT2D eigenvalue weighted by Gasteiger charge is -2.14. The molecule has 2 aliphatic heterocycles. The first-order chi connectivity index (χ1) is 7.18. The molecule has 1 aromatic carbocycles. The van der Waals surface area contributed by atoms with Gasteiger partial charge in [0.1, 0.15) is 0 Å². The van der Waals surface area contributed by atoms with Crippen LogP contribution in [0.3, 0.4) is 0 Å². The van der Waals surface area contributed by atoms with Crippen molar-refractivity contribution in [3.8, 4) is 11.5 Å². The first kappa shape index (κ1) is 8.59. The summed E-state index contributed by atoms with van der Waals surface area (Å²) in [7, 11) is 1.81. The number of carbonyl (C=O) groups excluding carboxylic acids is 1. The molecule has 0 fully saturated rings. The van der Waals surface area contributed by atoms with Gasteiger partial charge < -0.3 is 14.4 Å². The summed E-state index contributed by atoms with van der Waals surface area (Å²) in [5, 5.41) is 0. The molecule has 1 atom stereocenters. The van der Waals surface area contributed by atoms with Crippen molar-refractivity contribution in [2.24, 2.45) is 0 Å². The van der Waals surface area contributed by atoms with Gasteiger partial charge >= 0.3 is 0 Å². The van der Waals surface area contributed by atoms with Gasteiger partial charge in [-0.25, -0.2) is 0 Å². The normalized spacial score (nSPS) is 22.1. The van der Waals surface area contributed by atoms with E-state index in [9.17, 15) is 4.79 Å². The summed E-state index contributed by atoms with van der Waals surface area (Å²) in [6.07, 6.45) is 0. The Labute approximate surface area is 87.4 Å². The summed E-state index contributed by atoms with van der Waals surface area (Å²) >= 11 is 0. The lowest BCUT2D eigenvalue weighted by molar-refractivity contribution is 0.0783. The number of carbonyl (C=O) groups is 1. The summed E-state index contributed by atoms with van der Waals surface area (Å²) in [6.45, 7) is 2.25. The van der Waals surface area contributed by atoms with Crippen LogP contribution in [-0.2, 0) is 0 Å². The predicted octanol–water partition coefficient (Wildman–Crippen LogP) is 1.56. The summed E-state index contributed by atoms with van der Waals surface area (Å²) in [4.78, 5) is 13.6. The minimum absolute atomic E-state index is 0.0517. The number of hydrogen-bond donors (Lipinski definition) is 0. The largest absolute Gasteiger partial charge is 0.454 e. The van der Waals surface area contributed by atoms with Crippen molar-refractivity contribution in [1.29, 1.82) is 0 Å². The molecular weight excluding hydrogens is 194 g/mol. The van der Waals surface area contributed by atoms with Crippen molar-refractivity contribution in [3.05, 3.63) is 23.3 Å². The van der Waals surface area contributed by atoms with Gasteiger partial charge in [0.25, 0.3) is 5.91 Å². The van der Waals surface area contributed by atoms with E-state index in [-0.39, 0.29) is 18.7 Å². The van der Waals surface area contributed by atoms with Crippen LogP contribution >= 0.6 is 0 Å². The van der Waals surface area contributed by atoms with Crippen molar-refractivity contribution in [2.45, 2.75) is 13.0 Å². The SMILES string of the molecule is CC1c2cc3c(cc2C(=O)N1C)OCO3. The van der Waals surface area contributed by atoms with E-state index in [1.54, 1.807) is 18.0 Å². The van der Waals surface area contributed by atoms with Gasteiger partial charge in [-0.1, -0.05) is 0 Å². The van der Waals surface area contributed by atoms with Gasteiger partial charge in [0.15, 0.2) is 11.5 Å². The average Bonchev–Trinajstić information content (AvgIpc) is 2.77. The second-order valence-corrected chi connectivity index (χ2v) is 3.88. The van der Waals surface area contributed by atoms with Crippen LogP contribution in [-0.4, -0.2) is 24.6 Å². The highest BCUT2D eigenvalue weighted by Crippen LogP contribution is 2.41. The van der Waals surface area contributed by atoms with Crippen LogP contribution in [0.15, 0.2) is 12.1 Å². The van der Waals surface area contributed by atoms with E-state index in [2.05, 4.69) is 0 Å². The summed E-state index contributed by atoms with van der Waals surface area (Å²) in [5.41, 5.74) is 1.75. The molecule has 0 radical (unpaired) electrons. The van der Waals surface area contributed by atoms with Gasteiger partial charge in [0, 0.05) is 12.6 Å². The van der Waals surface area contributed by atoms with E-state index < -0.39 is 0 Å². The lowest BCUT2D eigenvalue weighted by atomic mass is 10.0. The zero-order valence-electron chi connectivity index (χ0n) is 8.61. The van der Waals surface area contributed by atoms with Crippen molar-refractivity contribution in [2.75, 3.05) is 13.8 Å². The third kappa shape index (κ3) is 0.988. The maximum absolute atomic E-state index is 11.8. The fourth-order valence-corrected chi connectivity index (χ4v) is 2.06. The molecule has 0 saturated carbocycles. The zero-order valence-corrected chi connectivity index (χ0v) is 8.61. The number of hydrogen-bond acceptors (Lipinski definition) is 3. The van der Waals surface area contributed by atoms with E-state index in [0.29, 0.717) is 5.75 Å². The van der Waals surface area contributed by atoms with Gasteiger partial charge in [-0.2, -0.15) is 0 Å². The van der Waals surface area contributed by atoms with Crippen LogP contribution < -0.4 is 9.47 Å². The molecule has 1 unspecified atom stereocenters. The van der Waals surface area contributed by atoms with Crippen LogP contribution in [0, 0.1) is 0 Å². The van der Waals surface area contributed by atoms with E-state index in [0.717, 1.165) is 16.9 Å². The molecule has 1 aromatic rings. The van der Waals surface area contributed by atoms with Crippen molar-refractivity contribution in [3.63, 3.8) is 0 Å². The minimum atomic E-state index is 0.0517. The smallest absolute Gasteiger partial charge is 0.254 e. The highest BCUT2D eigenvalue weighted by molar-refractivity contribution is 5.99. The molecule has 0 aliphatic carbocycles. The molecule has 0 N–H and O–H groups in total. The van der Waals surface area contributed by atoms with Gasteiger partial charge in [0.2, 0.25) is 6.79 Å². The summed E-state index contributed by atoms with van der Waals surface area (Å²) in [5.74, 6) is 1.46. The van der Waals surface area contributed by atoms with E-state index in [1.807, 2.05) is 13.0 Å². The molecule has 2 heterocycles. The van der Waals surface area contributed by atoms with Gasteiger partial charge in [-0.15, -0.1) is 0 Å². The fraction of sp³-hybridized carbons (Fsp3) is 0.364. The number of benzene rings is 1. The molecule has 4 nitrogen and oxygen atoms in total. The summed E-state index contributed by atoms with van der Waals surface area (Å²) in [6, 6.07) is 3.80. The zero-order chi connectivity index (χ0) is 10.6. The second-order valence-electron chi connectivity index (χ2n) is 3.88. The summed E-state index contributed by atoms with van der Waals surface area (Å²) < 4.78 is 10.5. The Morgan fingerprint density at radius 3 is 2.73 bits per heavy atom. The van der Waals surface area contributed by atoms with Crippen LogP contribution in [0.25, 0.3) is 0 Å². The van der Waals surface area contributed by atoms with E-state index >= 15 is 0 Å². The third-order valence-corrected chi connectivity index (χ3v) is 3.13. The van der Waals surface area contributed by atoms with Crippen LogP contribution in [0.4, 0.5) is 0 Å².